The van der Waals surface area contributed by atoms with Crippen molar-refractivity contribution in [1.82, 2.24) is 14.9 Å². The zero-order chi connectivity index (χ0) is 11.4. The second-order valence-corrected chi connectivity index (χ2v) is 4.04. The molecule has 0 aromatic carbocycles. The third-order valence-corrected chi connectivity index (χ3v) is 2.78. The number of imidazole rings is 1. The van der Waals surface area contributed by atoms with E-state index in [1.807, 2.05) is 6.33 Å². The molecule has 2 rings (SSSR count). The zero-order valence-electron chi connectivity index (χ0n) is 9.85. The molecule has 0 saturated heterocycles. The topological polar surface area (TPSA) is 48.3 Å². The van der Waals surface area contributed by atoms with Gasteiger partial charge >= 0.3 is 0 Å². The minimum atomic E-state index is -0.330. The third-order valence-electron chi connectivity index (χ3n) is 2.78. The maximum atomic E-state index is 5.22. The lowest BCUT2D eigenvalue weighted by Crippen LogP contribution is -2.23. The molecule has 1 N–H and O–H groups in total. The Morgan fingerprint density at radius 1 is 1.50 bits per heavy atom. The molecule has 1 heterocycles. The van der Waals surface area contributed by atoms with E-state index in [1.54, 1.807) is 20.4 Å². The molecule has 1 aliphatic carbocycles. The van der Waals surface area contributed by atoms with Gasteiger partial charge in [0.1, 0.15) is 0 Å². The molecule has 1 aromatic rings. The molecular weight excluding hydrogens is 206 g/mol. The SMILES string of the molecule is COC(OC)c1cncn1CCNC1CC1. The predicted molar refractivity (Wildman–Crippen MR) is 60.0 cm³/mol. The van der Waals surface area contributed by atoms with Crippen molar-refractivity contribution in [2.75, 3.05) is 20.8 Å². The maximum Gasteiger partial charge on any atom is 0.200 e. The molecule has 1 fully saturated rings. The molecule has 1 saturated carbocycles. The number of methoxy groups -OCH3 is 2. The Balaban J connectivity index is 1.88. The van der Waals surface area contributed by atoms with Gasteiger partial charge in [0.05, 0.1) is 18.2 Å². The normalized spacial score (nSPS) is 15.9. The highest BCUT2D eigenvalue weighted by Gasteiger charge is 2.20. The first-order chi connectivity index (χ1) is 7.85. The molecule has 5 heteroatoms. The van der Waals surface area contributed by atoms with Gasteiger partial charge in [-0.05, 0) is 12.8 Å². The summed E-state index contributed by atoms with van der Waals surface area (Å²) in [5, 5.41) is 3.47. The van der Waals surface area contributed by atoms with Crippen LogP contribution in [0.4, 0.5) is 0 Å². The summed E-state index contributed by atoms with van der Waals surface area (Å²) in [7, 11) is 3.27. The molecule has 0 spiro atoms. The molecule has 0 radical (unpaired) electrons. The van der Waals surface area contributed by atoms with E-state index in [-0.39, 0.29) is 6.29 Å². The average molecular weight is 225 g/mol. The van der Waals surface area contributed by atoms with E-state index >= 15 is 0 Å². The van der Waals surface area contributed by atoms with Gasteiger partial charge in [0, 0.05) is 33.4 Å². The fraction of sp³-hybridized carbons (Fsp3) is 0.727. The fourth-order valence-corrected chi connectivity index (χ4v) is 1.73. The summed E-state index contributed by atoms with van der Waals surface area (Å²) in [5.41, 5.74) is 0.961. The van der Waals surface area contributed by atoms with Gasteiger partial charge in [-0.1, -0.05) is 0 Å². The highest BCUT2D eigenvalue weighted by molar-refractivity contribution is 5.00. The largest absolute Gasteiger partial charge is 0.350 e. The first-order valence-corrected chi connectivity index (χ1v) is 5.64. The van der Waals surface area contributed by atoms with E-state index in [0.29, 0.717) is 0 Å². The van der Waals surface area contributed by atoms with Crippen molar-refractivity contribution < 1.29 is 9.47 Å². The van der Waals surface area contributed by atoms with Crippen molar-refractivity contribution in [2.24, 2.45) is 0 Å². The van der Waals surface area contributed by atoms with Crippen molar-refractivity contribution in [1.29, 1.82) is 0 Å². The first kappa shape index (κ1) is 11.6. The first-order valence-electron chi connectivity index (χ1n) is 5.64. The van der Waals surface area contributed by atoms with Crippen LogP contribution >= 0.6 is 0 Å². The van der Waals surface area contributed by atoms with Crippen molar-refractivity contribution in [3.05, 3.63) is 18.2 Å². The minimum absolute atomic E-state index is 0.330. The van der Waals surface area contributed by atoms with E-state index in [2.05, 4.69) is 14.9 Å². The number of nitrogens with zero attached hydrogens (tertiary/aromatic N) is 2. The smallest absolute Gasteiger partial charge is 0.200 e. The molecule has 0 atom stereocenters. The van der Waals surface area contributed by atoms with Crippen LogP contribution in [-0.2, 0) is 16.0 Å². The lowest BCUT2D eigenvalue weighted by atomic mass is 10.4. The summed E-state index contributed by atoms with van der Waals surface area (Å²) in [6, 6.07) is 0.743. The number of aromatic nitrogens is 2. The molecular formula is C11H19N3O2. The van der Waals surface area contributed by atoms with E-state index in [9.17, 15) is 0 Å². The highest BCUT2D eigenvalue weighted by Crippen LogP contribution is 2.19. The molecule has 1 aromatic heterocycles. The van der Waals surface area contributed by atoms with Gasteiger partial charge in [0.2, 0.25) is 0 Å². The molecule has 0 aliphatic heterocycles. The number of nitrogens with one attached hydrogen (secondary N) is 1. The van der Waals surface area contributed by atoms with Crippen molar-refractivity contribution >= 4 is 0 Å². The van der Waals surface area contributed by atoms with Crippen LogP contribution in [0.15, 0.2) is 12.5 Å². The van der Waals surface area contributed by atoms with Crippen LogP contribution in [0.1, 0.15) is 24.8 Å². The standard InChI is InChI=1S/C11H19N3O2/c1-15-11(16-2)10-7-12-8-14(10)6-5-13-9-3-4-9/h7-9,11,13H,3-6H2,1-2H3. The summed E-state index contributed by atoms with van der Waals surface area (Å²) in [6.45, 7) is 1.86. The second-order valence-electron chi connectivity index (χ2n) is 4.04. The quantitative estimate of drug-likeness (QED) is 0.701. The van der Waals surface area contributed by atoms with Gasteiger partial charge in [0.25, 0.3) is 0 Å². The molecule has 16 heavy (non-hydrogen) atoms. The van der Waals surface area contributed by atoms with Gasteiger partial charge < -0.3 is 19.4 Å². The fourth-order valence-electron chi connectivity index (χ4n) is 1.73. The Bertz CT molecular complexity index is 319. The molecule has 5 nitrogen and oxygen atoms in total. The van der Waals surface area contributed by atoms with E-state index < -0.39 is 0 Å². The Kier molecular flexibility index (Phi) is 3.93. The van der Waals surface area contributed by atoms with Gasteiger partial charge in [0.15, 0.2) is 6.29 Å². The number of rotatable bonds is 7. The van der Waals surface area contributed by atoms with Crippen LogP contribution in [-0.4, -0.2) is 36.4 Å². The molecule has 0 unspecified atom stereocenters. The molecule has 0 bridgehead atoms. The van der Waals surface area contributed by atoms with E-state index in [0.717, 1.165) is 24.8 Å². The maximum absolute atomic E-state index is 5.22. The van der Waals surface area contributed by atoms with Gasteiger partial charge in [-0.15, -0.1) is 0 Å². The van der Waals surface area contributed by atoms with Crippen LogP contribution < -0.4 is 5.32 Å². The summed E-state index contributed by atoms with van der Waals surface area (Å²) < 4.78 is 12.5. The van der Waals surface area contributed by atoms with E-state index in [4.69, 9.17) is 9.47 Å². The number of ether oxygens (including phenoxy) is 2. The van der Waals surface area contributed by atoms with Gasteiger partial charge in [-0.25, -0.2) is 4.98 Å². The molecule has 90 valence electrons. The van der Waals surface area contributed by atoms with Crippen LogP contribution in [0.5, 0.6) is 0 Å². The van der Waals surface area contributed by atoms with Crippen LogP contribution in [0, 0.1) is 0 Å². The van der Waals surface area contributed by atoms with Crippen molar-refractivity contribution in [3.63, 3.8) is 0 Å². The van der Waals surface area contributed by atoms with E-state index in [1.165, 1.54) is 12.8 Å². The number of hydrogen-bond donors (Lipinski definition) is 1. The van der Waals surface area contributed by atoms with Crippen LogP contribution in [0.3, 0.4) is 0 Å². The second kappa shape index (κ2) is 5.43. The van der Waals surface area contributed by atoms with Gasteiger partial charge in [-0.3, -0.25) is 0 Å². The number of hydrogen-bond acceptors (Lipinski definition) is 4. The summed E-state index contributed by atoms with van der Waals surface area (Å²) in [4.78, 5) is 4.13. The Hall–Kier alpha value is -0.910. The monoisotopic (exact) mass is 225 g/mol. The summed E-state index contributed by atoms with van der Waals surface area (Å²) in [5.74, 6) is 0. The summed E-state index contributed by atoms with van der Waals surface area (Å²) in [6.07, 6.45) is 5.90. The highest BCUT2D eigenvalue weighted by atomic mass is 16.7. The lowest BCUT2D eigenvalue weighted by Gasteiger charge is -2.15. The average Bonchev–Trinajstić information content (AvgIpc) is 3.01. The van der Waals surface area contributed by atoms with Crippen molar-refractivity contribution in [3.8, 4) is 0 Å². The third kappa shape index (κ3) is 2.81. The van der Waals surface area contributed by atoms with Gasteiger partial charge in [-0.2, -0.15) is 0 Å². The minimum Gasteiger partial charge on any atom is -0.350 e. The lowest BCUT2D eigenvalue weighted by molar-refractivity contribution is -0.110. The Labute approximate surface area is 95.8 Å². The summed E-state index contributed by atoms with van der Waals surface area (Å²) >= 11 is 0. The zero-order valence-corrected chi connectivity index (χ0v) is 9.85. The Morgan fingerprint density at radius 2 is 2.25 bits per heavy atom. The van der Waals surface area contributed by atoms with Crippen LogP contribution in [0.25, 0.3) is 0 Å². The molecule has 0 amide bonds. The predicted octanol–water partition coefficient (Wildman–Crippen LogP) is 0.926. The van der Waals surface area contributed by atoms with Crippen molar-refractivity contribution in [2.45, 2.75) is 31.7 Å². The Morgan fingerprint density at radius 3 is 2.88 bits per heavy atom. The molecule has 1 aliphatic rings. The van der Waals surface area contributed by atoms with Crippen LogP contribution in [0.2, 0.25) is 0 Å².